The summed E-state index contributed by atoms with van der Waals surface area (Å²) >= 11 is 0. The van der Waals surface area contributed by atoms with E-state index in [1.807, 2.05) is 0 Å². The number of rotatable bonds is 3. The molecule has 0 amide bonds. The molecule has 1 unspecified atom stereocenters. The van der Waals surface area contributed by atoms with Gasteiger partial charge in [0.05, 0.1) is 0 Å². The molecule has 1 atom stereocenters. The zero-order valence-electron chi connectivity index (χ0n) is 9.23. The van der Waals surface area contributed by atoms with Crippen molar-refractivity contribution in [3.63, 3.8) is 0 Å². The van der Waals surface area contributed by atoms with Crippen LogP contribution in [0.15, 0.2) is 23.4 Å². The van der Waals surface area contributed by atoms with E-state index in [0.717, 1.165) is 12.1 Å². The Kier molecular flexibility index (Phi) is 3.78. The van der Waals surface area contributed by atoms with Gasteiger partial charge < -0.3 is 4.74 Å². The molecule has 1 saturated heterocycles. The third-order valence-corrected chi connectivity index (χ3v) is 3.11. The molecule has 3 nitrogen and oxygen atoms in total. The van der Waals surface area contributed by atoms with Crippen LogP contribution in [0.25, 0.3) is 0 Å². The van der Waals surface area contributed by atoms with E-state index in [4.69, 9.17) is 4.74 Å². The first-order valence-electron chi connectivity index (χ1n) is 5.57. The Morgan fingerprint density at radius 1 is 1.29 bits per heavy atom. The highest BCUT2D eigenvalue weighted by molar-refractivity contribution is 5.23. The number of nitrogens with zero attached hydrogens (tertiary/aromatic N) is 1. The Morgan fingerprint density at radius 2 is 2.00 bits per heavy atom. The lowest BCUT2D eigenvalue weighted by molar-refractivity contribution is 0.0581. The Morgan fingerprint density at radius 3 is 2.59 bits per heavy atom. The van der Waals surface area contributed by atoms with Gasteiger partial charge in [-0.25, -0.2) is 8.78 Å². The highest BCUT2D eigenvalue weighted by Crippen LogP contribution is 2.34. The average Bonchev–Trinajstić information content (AvgIpc) is 2.34. The van der Waals surface area contributed by atoms with Crippen molar-refractivity contribution in [1.29, 1.82) is 0 Å². The number of ether oxygens (including phenoxy) is 1. The van der Waals surface area contributed by atoms with Crippen molar-refractivity contribution in [2.45, 2.75) is 18.9 Å². The van der Waals surface area contributed by atoms with Crippen LogP contribution in [0.2, 0.25) is 0 Å². The molecule has 1 aliphatic rings. The van der Waals surface area contributed by atoms with E-state index in [-0.39, 0.29) is 11.5 Å². The first kappa shape index (κ1) is 12.1. The van der Waals surface area contributed by atoms with E-state index in [0.29, 0.717) is 26.1 Å². The van der Waals surface area contributed by atoms with Crippen LogP contribution in [0.1, 0.15) is 24.4 Å². The molecule has 0 N–H and O–H groups in total. The molecule has 1 heterocycles. The predicted octanol–water partition coefficient (Wildman–Crippen LogP) is 3.20. The Labute approximate surface area is 97.8 Å². The summed E-state index contributed by atoms with van der Waals surface area (Å²) in [6.45, 7) is 1.11. The lowest BCUT2D eigenvalue weighted by atomic mass is 9.87. The lowest BCUT2D eigenvalue weighted by Gasteiger charge is -2.26. The summed E-state index contributed by atoms with van der Waals surface area (Å²) in [5.41, 5.74) is 0.174. The minimum atomic E-state index is -0.750. The van der Waals surface area contributed by atoms with Crippen LogP contribution >= 0.6 is 0 Å². The minimum absolute atomic E-state index is 0.0267. The van der Waals surface area contributed by atoms with Crippen LogP contribution in [0.5, 0.6) is 0 Å². The van der Waals surface area contributed by atoms with Crippen molar-refractivity contribution in [3.8, 4) is 0 Å². The van der Waals surface area contributed by atoms with Crippen LogP contribution in [-0.4, -0.2) is 13.2 Å². The molecule has 1 aromatic rings. The lowest BCUT2D eigenvalue weighted by Crippen LogP contribution is -2.21. The summed E-state index contributed by atoms with van der Waals surface area (Å²) < 4.78 is 31.5. The molecule has 1 fully saturated rings. The first-order valence-corrected chi connectivity index (χ1v) is 5.57. The standard InChI is InChI=1S/C12H13F2NO2/c13-9-1-2-10(11(14)7-9)12(15-16)8-3-5-17-6-4-8/h1-2,7-8,12H,3-6H2. The number of nitroso groups, excluding NO2 is 1. The van der Waals surface area contributed by atoms with E-state index in [2.05, 4.69) is 5.18 Å². The fraction of sp³-hybridized carbons (Fsp3) is 0.500. The summed E-state index contributed by atoms with van der Waals surface area (Å²) in [4.78, 5) is 10.9. The maximum atomic E-state index is 13.6. The van der Waals surface area contributed by atoms with Crippen molar-refractivity contribution in [1.82, 2.24) is 0 Å². The third kappa shape index (κ3) is 2.66. The minimum Gasteiger partial charge on any atom is -0.381 e. The quantitative estimate of drug-likeness (QED) is 0.762. The average molecular weight is 241 g/mol. The monoisotopic (exact) mass is 241 g/mol. The molecular weight excluding hydrogens is 228 g/mol. The highest BCUT2D eigenvalue weighted by Gasteiger charge is 2.28. The molecule has 0 bridgehead atoms. The van der Waals surface area contributed by atoms with Crippen molar-refractivity contribution in [3.05, 3.63) is 40.3 Å². The summed E-state index contributed by atoms with van der Waals surface area (Å²) in [7, 11) is 0. The fourth-order valence-electron chi connectivity index (χ4n) is 2.17. The van der Waals surface area contributed by atoms with Crippen LogP contribution in [-0.2, 0) is 4.74 Å². The summed E-state index contributed by atoms with van der Waals surface area (Å²) in [5.74, 6) is -1.38. The van der Waals surface area contributed by atoms with Crippen LogP contribution in [0, 0.1) is 22.5 Å². The number of hydrogen-bond donors (Lipinski definition) is 0. The van der Waals surface area contributed by atoms with Gasteiger partial charge in [-0.3, -0.25) is 0 Å². The van der Waals surface area contributed by atoms with E-state index < -0.39 is 17.7 Å². The smallest absolute Gasteiger partial charge is 0.131 e. The van der Waals surface area contributed by atoms with Crippen LogP contribution in [0.3, 0.4) is 0 Å². The van der Waals surface area contributed by atoms with Gasteiger partial charge >= 0.3 is 0 Å². The normalized spacial score (nSPS) is 18.9. The Hall–Kier alpha value is -1.36. The van der Waals surface area contributed by atoms with Crippen LogP contribution in [0.4, 0.5) is 8.78 Å². The maximum absolute atomic E-state index is 13.6. The molecule has 17 heavy (non-hydrogen) atoms. The SMILES string of the molecule is O=NC(c1ccc(F)cc1F)C1CCOCC1. The van der Waals surface area contributed by atoms with Crippen molar-refractivity contribution in [2.75, 3.05) is 13.2 Å². The van der Waals surface area contributed by atoms with Gasteiger partial charge in [-0.15, -0.1) is 0 Å². The first-order chi connectivity index (χ1) is 8.22. The largest absolute Gasteiger partial charge is 0.381 e. The Bertz CT molecular complexity index is 405. The molecule has 0 aliphatic carbocycles. The van der Waals surface area contributed by atoms with E-state index in [1.165, 1.54) is 6.07 Å². The predicted molar refractivity (Wildman–Crippen MR) is 58.4 cm³/mol. The molecule has 2 rings (SSSR count). The Balaban J connectivity index is 2.24. The highest BCUT2D eigenvalue weighted by atomic mass is 19.1. The molecule has 0 spiro atoms. The molecule has 1 aromatic carbocycles. The van der Waals surface area contributed by atoms with Crippen LogP contribution < -0.4 is 0 Å². The topological polar surface area (TPSA) is 38.7 Å². The third-order valence-electron chi connectivity index (χ3n) is 3.11. The zero-order valence-corrected chi connectivity index (χ0v) is 9.23. The molecule has 92 valence electrons. The van der Waals surface area contributed by atoms with E-state index in [1.54, 1.807) is 0 Å². The maximum Gasteiger partial charge on any atom is 0.131 e. The second kappa shape index (κ2) is 5.31. The molecular formula is C12H13F2NO2. The number of benzene rings is 1. The fourth-order valence-corrected chi connectivity index (χ4v) is 2.17. The number of hydrogen-bond acceptors (Lipinski definition) is 3. The molecule has 0 saturated carbocycles. The van der Waals surface area contributed by atoms with Gasteiger partial charge in [0.25, 0.3) is 0 Å². The summed E-state index contributed by atoms with van der Waals surface area (Å²) in [5, 5.41) is 3.00. The number of halogens is 2. The molecule has 0 aromatic heterocycles. The summed E-state index contributed by atoms with van der Waals surface area (Å²) in [6.07, 6.45) is 1.35. The second-order valence-electron chi connectivity index (χ2n) is 4.17. The molecule has 1 aliphatic heterocycles. The van der Waals surface area contributed by atoms with Gasteiger partial charge in [0.1, 0.15) is 17.7 Å². The van der Waals surface area contributed by atoms with Crippen molar-refractivity contribution < 1.29 is 13.5 Å². The summed E-state index contributed by atoms with van der Waals surface area (Å²) in [6, 6.07) is 2.48. The van der Waals surface area contributed by atoms with Gasteiger partial charge in [0, 0.05) is 24.8 Å². The van der Waals surface area contributed by atoms with E-state index >= 15 is 0 Å². The van der Waals surface area contributed by atoms with Gasteiger partial charge in [-0.1, -0.05) is 11.2 Å². The van der Waals surface area contributed by atoms with Crippen molar-refractivity contribution in [2.24, 2.45) is 11.1 Å². The molecule has 0 radical (unpaired) electrons. The zero-order chi connectivity index (χ0) is 12.3. The molecule has 5 heteroatoms. The van der Waals surface area contributed by atoms with Gasteiger partial charge in [0.15, 0.2) is 0 Å². The second-order valence-corrected chi connectivity index (χ2v) is 4.17. The van der Waals surface area contributed by atoms with E-state index in [9.17, 15) is 13.7 Å². The van der Waals surface area contributed by atoms with Gasteiger partial charge in [-0.2, -0.15) is 4.91 Å². The van der Waals surface area contributed by atoms with Gasteiger partial charge in [-0.05, 0) is 24.8 Å². The van der Waals surface area contributed by atoms with Gasteiger partial charge in [0.2, 0.25) is 0 Å². The van der Waals surface area contributed by atoms with Crippen molar-refractivity contribution >= 4 is 0 Å².